The van der Waals surface area contributed by atoms with Gasteiger partial charge >= 0.3 is 0 Å². The molecule has 2 nitrogen and oxygen atoms in total. The lowest BCUT2D eigenvalue weighted by Crippen LogP contribution is -2.13. The molecule has 2 saturated carbocycles. The van der Waals surface area contributed by atoms with Gasteiger partial charge in [0.25, 0.3) is 0 Å². The summed E-state index contributed by atoms with van der Waals surface area (Å²) in [4.78, 5) is 4.72. The zero-order chi connectivity index (χ0) is 18.1. The smallest absolute Gasteiger partial charge is 0.0893 e. The molecule has 2 aromatic rings. The van der Waals surface area contributed by atoms with E-state index in [1.807, 2.05) is 6.20 Å². The van der Waals surface area contributed by atoms with Crippen molar-refractivity contribution in [1.29, 1.82) is 0 Å². The van der Waals surface area contributed by atoms with Crippen LogP contribution in [0, 0.1) is 0 Å². The number of allylic oxidation sites excluding steroid dienone is 1. The third-order valence-electron chi connectivity index (χ3n) is 6.89. The van der Waals surface area contributed by atoms with Crippen LogP contribution in [0.4, 0.5) is 5.69 Å². The number of hydrogen-bond donors (Lipinski definition) is 1. The fourth-order valence-electron chi connectivity index (χ4n) is 5.48. The maximum absolute atomic E-state index is 4.72. The number of rotatable bonds is 4. The average molecular weight is 359 g/mol. The van der Waals surface area contributed by atoms with Crippen LogP contribution >= 0.6 is 0 Å². The lowest BCUT2D eigenvalue weighted by atomic mass is 9.87. The average Bonchev–Trinajstić information content (AvgIpc) is 3.43. The van der Waals surface area contributed by atoms with Gasteiger partial charge in [-0.3, -0.25) is 4.98 Å². The summed E-state index contributed by atoms with van der Waals surface area (Å²) in [7, 11) is 0. The molecule has 0 saturated heterocycles. The molecule has 140 valence electrons. The monoisotopic (exact) mass is 358 g/mol. The van der Waals surface area contributed by atoms with Crippen molar-refractivity contribution in [3.63, 3.8) is 0 Å². The van der Waals surface area contributed by atoms with Gasteiger partial charge in [0, 0.05) is 11.9 Å². The number of para-hydroxylation sites is 1. The Labute approximate surface area is 163 Å². The highest BCUT2D eigenvalue weighted by atomic mass is 14.9. The van der Waals surface area contributed by atoms with Gasteiger partial charge in [0.2, 0.25) is 0 Å². The Morgan fingerprint density at radius 2 is 1.48 bits per heavy atom. The second-order valence-corrected chi connectivity index (χ2v) is 8.57. The molecule has 3 aliphatic carbocycles. The molecule has 2 fully saturated rings. The van der Waals surface area contributed by atoms with Crippen LogP contribution in [0.15, 0.2) is 42.6 Å². The maximum atomic E-state index is 4.72. The Morgan fingerprint density at radius 1 is 0.815 bits per heavy atom. The van der Waals surface area contributed by atoms with Crippen molar-refractivity contribution >= 4 is 11.4 Å². The number of nitrogens with one attached hydrogen (secondary N) is 1. The first-order chi connectivity index (χ1) is 13.4. The van der Waals surface area contributed by atoms with E-state index < -0.39 is 0 Å². The van der Waals surface area contributed by atoms with Gasteiger partial charge in [0.15, 0.2) is 0 Å². The van der Waals surface area contributed by atoms with E-state index in [0.29, 0.717) is 0 Å². The van der Waals surface area contributed by atoms with E-state index in [0.717, 1.165) is 30.4 Å². The van der Waals surface area contributed by atoms with E-state index in [-0.39, 0.29) is 0 Å². The predicted octanol–water partition coefficient (Wildman–Crippen LogP) is 6.80. The van der Waals surface area contributed by atoms with Crippen molar-refractivity contribution in [3.8, 4) is 0 Å². The number of anilines is 1. The maximum Gasteiger partial charge on any atom is 0.0893 e. The lowest BCUT2D eigenvalue weighted by Gasteiger charge is -2.26. The summed E-state index contributed by atoms with van der Waals surface area (Å²) in [5.41, 5.74) is 8.29. The van der Waals surface area contributed by atoms with Crippen molar-refractivity contribution in [2.24, 2.45) is 0 Å². The molecule has 3 aliphatic rings. The SMILES string of the molecule is C1=C(Nc2c(C3CCCC3)cccc2C2CCCC2)c2ncccc2CC1. The van der Waals surface area contributed by atoms with Crippen LogP contribution in [0.25, 0.3) is 5.70 Å². The number of pyridine rings is 1. The Hall–Kier alpha value is -2.09. The van der Waals surface area contributed by atoms with Crippen molar-refractivity contribution in [2.45, 2.75) is 76.0 Å². The van der Waals surface area contributed by atoms with Crippen molar-refractivity contribution < 1.29 is 0 Å². The highest BCUT2D eigenvalue weighted by Crippen LogP contribution is 2.45. The van der Waals surface area contributed by atoms with E-state index >= 15 is 0 Å². The number of aromatic nitrogens is 1. The van der Waals surface area contributed by atoms with Gasteiger partial charge in [0.05, 0.1) is 11.4 Å². The van der Waals surface area contributed by atoms with E-state index in [1.54, 1.807) is 11.1 Å². The summed E-state index contributed by atoms with van der Waals surface area (Å²) in [6.45, 7) is 0. The molecule has 1 N–H and O–H groups in total. The summed E-state index contributed by atoms with van der Waals surface area (Å²) >= 11 is 0. The van der Waals surface area contributed by atoms with Crippen LogP contribution in [-0.2, 0) is 6.42 Å². The van der Waals surface area contributed by atoms with Gasteiger partial charge in [0.1, 0.15) is 0 Å². The van der Waals surface area contributed by atoms with Crippen LogP contribution in [0.1, 0.15) is 92.0 Å². The summed E-state index contributed by atoms with van der Waals surface area (Å²) < 4.78 is 0. The molecule has 5 rings (SSSR count). The summed E-state index contributed by atoms with van der Waals surface area (Å²) in [5, 5.41) is 3.93. The molecule has 0 spiro atoms. The van der Waals surface area contributed by atoms with Gasteiger partial charge in [-0.25, -0.2) is 0 Å². The lowest BCUT2D eigenvalue weighted by molar-refractivity contribution is 0.704. The van der Waals surface area contributed by atoms with Gasteiger partial charge in [-0.05, 0) is 73.1 Å². The second kappa shape index (κ2) is 7.50. The van der Waals surface area contributed by atoms with Gasteiger partial charge in [-0.15, -0.1) is 0 Å². The largest absolute Gasteiger partial charge is 0.354 e. The van der Waals surface area contributed by atoms with Gasteiger partial charge < -0.3 is 5.32 Å². The molecule has 1 aromatic heterocycles. The molecule has 1 heterocycles. The quantitative estimate of drug-likeness (QED) is 0.650. The Morgan fingerprint density at radius 3 is 2.15 bits per heavy atom. The van der Waals surface area contributed by atoms with Gasteiger partial charge in [-0.1, -0.05) is 56.0 Å². The number of benzene rings is 1. The molecule has 27 heavy (non-hydrogen) atoms. The van der Waals surface area contributed by atoms with E-state index in [2.05, 4.69) is 41.7 Å². The van der Waals surface area contributed by atoms with Crippen LogP contribution in [0.2, 0.25) is 0 Å². The molecule has 1 aromatic carbocycles. The first kappa shape index (κ1) is 17.0. The van der Waals surface area contributed by atoms with Crippen molar-refractivity contribution in [1.82, 2.24) is 4.98 Å². The van der Waals surface area contributed by atoms with E-state index in [9.17, 15) is 0 Å². The Balaban J connectivity index is 1.56. The summed E-state index contributed by atoms with van der Waals surface area (Å²) in [6.07, 6.45) is 17.4. The van der Waals surface area contributed by atoms with E-state index in [4.69, 9.17) is 4.98 Å². The van der Waals surface area contributed by atoms with Gasteiger partial charge in [-0.2, -0.15) is 0 Å². The minimum atomic E-state index is 0.723. The van der Waals surface area contributed by atoms with Crippen LogP contribution < -0.4 is 5.32 Å². The van der Waals surface area contributed by atoms with Crippen molar-refractivity contribution in [3.05, 3.63) is 65.0 Å². The highest BCUT2D eigenvalue weighted by molar-refractivity contribution is 5.81. The zero-order valence-electron chi connectivity index (χ0n) is 16.2. The third-order valence-corrected chi connectivity index (χ3v) is 6.89. The van der Waals surface area contributed by atoms with Crippen LogP contribution in [0.3, 0.4) is 0 Å². The number of fused-ring (bicyclic) bond motifs is 1. The zero-order valence-corrected chi connectivity index (χ0v) is 16.2. The van der Waals surface area contributed by atoms with E-state index in [1.165, 1.54) is 68.3 Å². The van der Waals surface area contributed by atoms with Crippen LogP contribution in [-0.4, -0.2) is 4.98 Å². The van der Waals surface area contributed by atoms with Crippen LogP contribution in [0.5, 0.6) is 0 Å². The predicted molar refractivity (Wildman–Crippen MR) is 113 cm³/mol. The highest BCUT2D eigenvalue weighted by Gasteiger charge is 2.27. The summed E-state index contributed by atoms with van der Waals surface area (Å²) in [6, 6.07) is 11.4. The molecular formula is C25H30N2. The molecular weight excluding hydrogens is 328 g/mol. The normalized spacial score (nSPS) is 20.5. The first-order valence-corrected chi connectivity index (χ1v) is 10.9. The minimum absolute atomic E-state index is 0.723. The molecule has 0 atom stereocenters. The third kappa shape index (κ3) is 3.31. The number of hydrogen-bond acceptors (Lipinski definition) is 2. The van der Waals surface area contributed by atoms with Crippen molar-refractivity contribution in [2.75, 3.05) is 5.32 Å². The number of nitrogens with zero attached hydrogens (tertiary/aromatic N) is 1. The standard InChI is InChI=1S/C25H30N2/c1-2-9-18(8-1)21-14-6-15-22(19-10-3-4-11-19)25(21)27-23-16-5-12-20-13-7-17-26-24(20)23/h6-7,13-19,27H,1-5,8-12H2. The number of aryl methyl sites for hydroxylation is 1. The topological polar surface area (TPSA) is 24.9 Å². The summed E-state index contributed by atoms with van der Waals surface area (Å²) in [5.74, 6) is 1.45. The molecule has 0 amide bonds. The fourth-order valence-corrected chi connectivity index (χ4v) is 5.48. The Bertz CT molecular complexity index is 805. The fraction of sp³-hybridized carbons (Fsp3) is 0.480. The second-order valence-electron chi connectivity index (χ2n) is 8.57. The molecule has 0 unspecified atom stereocenters. The molecule has 0 bridgehead atoms. The Kier molecular flexibility index (Phi) is 4.73. The first-order valence-electron chi connectivity index (χ1n) is 10.9. The molecule has 2 heteroatoms. The minimum Gasteiger partial charge on any atom is -0.354 e. The molecule has 0 radical (unpaired) electrons. The molecule has 0 aliphatic heterocycles.